The van der Waals surface area contributed by atoms with Crippen molar-refractivity contribution in [3.63, 3.8) is 0 Å². The van der Waals surface area contributed by atoms with Gasteiger partial charge in [-0.2, -0.15) is 0 Å². The van der Waals surface area contributed by atoms with Gasteiger partial charge < -0.3 is 14.8 Å². The van der Waals surface area contributed by atoms with Gasteiger partial charge in [0, 0.05) is 6.42 Å². The number of carbonyl (C=O) groups excluding carboxylic acids is 1. The number of nitrogens with zero attached hydrogens (tertiary/aromatic N) is 1. The lowest BCUT2D eigenvalue weighted by atomic mass is 10.1. The van der Waals surface area contributed by atoms with Gasteiger partial charge in [-0.05, 0) is 56.7 Å². The normalized spacial score (nSPS) is 14.6. The molecule has 3 nitrogen and oxygen atoms in total. The van der Waals surface area contributed by atoms with Crippen molar-refractivity contribution < 1.29 is 9.90 Å². The quantitative estimate of drug-likeness (QED) is 0.774. The maximum absolute atomic E-state index is 10.1. The number of hydrogen-bond acceptors (Lipinski definition) is 3. The predicted molar refractivity (Wildman–Crippen MR) is 64.7 cm³/mol. The number of benzene rings is 1. The molecule has 0 unspecified atom stereocenters. The molecule has 0 aromatic heterocycles. The van der Waals surface area contributed by atoms with Gasteiger partial charge in [0.2, 0.25) is 0 Å². The number of phenols is 1. The van der Waals surface area contributed by atoms with Gasteiger partial charge >= 0.3 is 0 Å². The van der Waals surface area contributed by atoms with Crippen molar-refractivity contribution in [1.29, 1.82) is 0 Å². The number of hydrogen-bond donors (Lipinski definition) is 1. The molecule has 0 spiro atoms. The first-order chi connectivity index (χ1) is 7.63. The number of aromatic hydroxyl groups is 1. The number of aryl methyl sites for hydroxylation is 1. The van der Waals surface area contributed by atoms with Gasteiger partial charge in [-0.1, -0.05) is 6.07 Å². The lowest BCUT2D eigenvalue weighted by Gasteiger charge is -2.24. The van der Waals surface area contributed by atoms with E-state index in [2.05, 4.69) is 11.9 Å². The second kappa shape index (κ2) is 6.28. The topological polar surface area (TPSA) is 40.5 Å². The lowest BCUT2D eigenvalue weighted by Crippen LogP contribution is -2.32. The second-order valence-electron chi connectivity index (χ2n) is 4.14. The van der Waals surface area contributed by atoms with Crippen LogP contribution < -0.4 is 0 Å². The molecule has 3 heteroatoms. The molecule has 1 aliphatic heterocycles. The summed E-state index contributed by atoms with van der Waals surface area (Å²) in [7, 11) is 2.14. The molecule has 1 N–H and O–H groups in total. The van der Waals surface area contributed by atoms with E-state index in [1.54, 1.807) is 18.2 Å². The Kier molecular flexibility index (Phi) is 4.99. The van der Waals surface area contributed by atoms with Crippen molar-refractivity contribution in [3.8, 4) is 5.75 Å². The van der Waals surface area contributed by atoms with Crippen LogP contribution in [0.1, 0.15) is 17.5 Å². The van der Waals surface area contributed by atoms with Crippen LogP contribution in [0.5, 0.6) is 5.75 Å². The lowest BCUT2D eigenvalue weighted by molar-refractivity contribution is -0.107. The molecule has 1 fully saturated rings. The summed E-state index contributed by atoms with van der Waals surface area (Å²) < 4.78 is 0. The summed E-state index contributed by atoms with van der Waals surface area (Å²) in [5, 5.41) is 9.02. The minimum absolute atomic E-state index is 0.247. The Bertz CT molecular complexity index is 346. The van der Waals surface area contributed by atoms with E-state index >= 15 is 0 Å². The van der Waals surface area contributed by atoms with E-state index in [1.165, 1.54) is 19.5 Å². The van der Waals surface area contributed by atoms with Crippen molar-refractivity contribution in [1.82, 2.24) is 4.90 Å². The van der Waals surface area contributed by atoms with Gasteiger partial charge in [0.1, 0.15) is 12.0 Å². The molecule has 0 amide bonds. The van der Waals surface area contributed by atoms with Gasteiger partial charge in [0.15, 0.2) is 0 Å². The zero-order chi connectivity index (χ0) is 12.0. The van der Waals surface area contributed by atoms with Crippen LogP contribution in [0.25, 0.3) is 0 Å². The third-order valence-electron chi connectivity index (χ3n) is 2.71. The average Bonchev–Trinajstić information content (AvgIpc) is 2.20. The largest absolute Gasteiger partial charge is 0.508 e. The molecule has 1 aromatic carbocycles. The standard InChI is InChI=1S/C9H10O2.C4H9N/c1-7-6-9(11)3-2-8(7)4-5-10;1-5-3-2-4-5/h2-3,5-6,11H,4H2,1H3;2-4H2,1H3. The highest BCUT2D eigenvalue weighted by atomic mass is 16.3. The average molecular weight is 221 g/mol. The summed E-state index contributed by atoms with van der Waals surface area (Å²) in [5.74, 6) is 0.247. The van der Waals surface area contributed by atoms with Crippen LogP contribution in [0.3, 0.4) is 0 Å². The fourth-order valence-corrected chi connectivity index (χ4v) is 1.47. The molecule has 0 bridgehead atoms. The van der Waals surface area contributed by atoms with Gasteiger partial charge in [0.05, 0.1) is 0 Å². The highest BCUT2D eigenvalue weighted by Crippen LogP contribution is 2.15. The predicted octanol–water partition coefficient (Wildman–Crippen LogP) is 1.76. The monoisotopic (exact) mass is 221 g/mol. The minimum atomic E-state index is 0.247. The maximum atomic E-state index is 10.1. The fourth-order valence-electron chi connectivity index (χ4n) is 1.47. The van der Waals surface area contributed by atoms with Crippen LogP contribution in [0, 0.1) is 6.92 Å². The first-order valence-corrected chi connectivity index (χ1v) is 5.54. The van der Waals surface area contributed by atoms with E-state index in [1.807, 2.05) is 6.92 Å². The third kappa shape index (κ3) is 4.03. The summed E-state index contributed by atoms with van der Waals surface area (Å²) in [4.78, 5) is 12.5. The Morgan fingerprint density at radius 1 is 1.44 bits per heavy atom. The van der Waals surface area contributed by atoms with Crippen LogP contribution in [0.4, 0.5) is 0 Å². The van der Waals surface area contributed by atoms with Crippen LogP contribution in [-0.2, 0) is 11.2 Å². The molecule has 0 radical (unpaired) electrons. The van der Waals surface area contributed by atoms with Gasteiger partial charge in [0.25, 0.3) is 0 Å². The zero-order valence-electron chi connectivity index (χ0n) is 9.94. The van der Waals surface area contributed by atoms with Crippen molar-refractivity contribution in [2.45, 2.75) is 19.8 Å². The van der Waals surface area contributed by atoms with E-state index in [9.17, 15) is 4.79 Å². The zero-order valence-corrected chi connectivity index (χ0v) is 9.94. The van der Waals surface area contributed by atoms with Crippen LogP contribution in [0.15, 0.2) is 18.2 Å². The molecule has 0 atom stereocenters. The van der Waals surface area contributed by atoms with E-state index in [0.717, 1.165) is 17.4 Å². The summed E-state index contributed by atoms with van der Waals surface area (Å²) in [6.45, 7) is 4.51. The number of phenolic OH excluding ortho intramolecular Hbond substituents is 1. The molecule has 16 heavy (non-hydrogen) atoms. The Morgan fingerprint density at radius 2 is 2.06 bits per heavy atom. The summed E-state index contributed by atoms with van der Waals surface area (Å²) in [6, 6.07) is 5.00. The van der Waals surface area contributed by atoms with Crippen molar-refractivity contribution in [2.24, 2.45) is 0 Å². The Morgan fingerprint density at radius 3 is 2.44 bits per heavy atom. The van der Waals surface area contributed by atoms with Gasteiger partial charge in [-0.15, -0.1) is 0 Å². The molecular formula is C13H19NO2. The van der Waals surface area contributed by atoms with Crippen molar-refractivity contribution in [2.75, 3.05) is 20.1 Å². The minimum Gasteiger partial charge on any atom is -0.508 e. The Balaban J connectivity index is 0.000000212. The summed E-state index contributed by atoms with van der Waals surface area (Å²) in [5.41, 5.74) is 1.93. The molecule has 2 rings (SSSR count). The van der Waals surface area contributed by atoms with Crippen molar-refractivity contribution in [3.05, 3.63) is 29.3 Å². The SMILES string of the molecule is CN1CCC1.Cc1cc(O)ccc1CC=O. The summed E-state index contributed by atoms with van der Waals surface area (Å²) in [6.07, 6.45) is 2.70. The Labute approximate surface area is 96.7 Å². The second-order valence-corrected chi connectivity index (χ2v) is 4.14. The van der Waals surface area contributed by atoms with E-state index in [0.29, 0.717) is 6.42 Å². The van der Waals surface area contributed by atoms with Crippen LogP contribution in [-0.4, -0.2) is 36.4 Å². The molecule has 1 aromatic rings. The Hall–Kier alpha value is -1.35. The van der Waals surface area contributed by atoms with Gasteiger partial charge in [-0.25, -0.2) is 0 Å². The summed E-state index contributed by atoms with van der Waals surface area (Å²) >= 11 is 0. The van der Waals surface area contributed by atoms with Gasteiger partial charge in [-0.3, -0.25) is 0 Å². The number of likely N-dealkylation sites (tertiary alicyclic amines) is 1. The van der Waals surface area contributed by atoms with Crippen LogP contribution >= 0.6 is 0 Å². The van der Waals surface area contributed by atoms with E-state index in [4.69, 9.17) is 5.11 Å². The van der Waals surface area contributed by atoms with Crippen LogP contribution in [0.2, 0.25) is 0 Å². The van der Waals surface area contributed by atoms with Crippen molar-refractivity contribution >= 4 is 6.29 Å². The third-order valence-corrected chi connectivity index (χ3v) is 2.71. The highest BCUT2D eigenvalue weighted by molar-refractivity contribution is 5.56. The van der Waals surface area contributed by atoms with E-state index < -0.39 is 0 Å². The number of carbonyl (C=O) groups is 1. The molecule has 1 heterocycles. The van der Waals surface area contributed by atoms with E-state index in [-0.39, 0.29) is 5.75 Å². The smallest absolute Gasteiger partial charge is 0.124 e. The first kappa shape index (κ1) is 12.7. The molecule has 1 aliphatic rings. The molecule has 0 aliphatic carbocycles. The molecule has 0 saturated carbocycles. The number of rotatable bonds is 2. The maximum Gasteiger partial charge on any atom is 0.124 e. The molecule has 88 valence electrons. The first-order valence-electron chi connectivity index (χ1n) is 5.54. The molecular weight excluding hydrogens is 202 g/mol. The fraction of sp³-hybridized carbons (Fsp3) is 0.462. The highest BCUT2D eigenvalue weighted by Gasteiger charge is 2.04. The molecule has 1 saturated heterocycles. The number of aldehydes is 1.